The van der Waals surface area contributed by atoms with Crippen LogP contribution in [0.5, 0.6) is 0 Å². The summed E-state index contributed by atoms with van der Waals surface area (Å²) >= 11 is 0. The van der Waals surface area contributed by atoms with Gasteiger partial charge in [0.15, 0.2) is 0 Å². The highest BCUT2D eigenvalue weighted by Crippen LogP contribution is 2.26. The highest BCUT2D eigenvalue weighted by Gasteiger charge is 2.32. The van der Waals surface area contributed by atoms with Gasteiger partial charge in [0.2, 0.25) is 0 Å². The molecular weight excluding hydrogens is 229 g/mol. The van der Waals surface area contributed by atoms with E-state index in [-0.39, 0.29) is 6.42 Å². The first-order valence-electron chi connectivity index (χ1n) is 5.20. The summed E-state index contributed by atoms with van der Waals surface area (Å²) in [5.74, 6) is -0.434. The minimum atomic E-state index is -4.47. The van der Waals surface area contributed by atoms with Gasteiger partial charge in [-0.25, -0.2) is 0 Å². The van der Waals surface area contributed by atoms with Crippen LogP contribution in [-0.4, -0.2) is 12.0 Å². The second kappa shape index (κ2) is 5.66. The van der Waals surface area contributed by atoms with Crippen molar-refractivity contribution in [2.24, 2.45) is 0 Å². The maximum atomic E-state index is 12.1. The van der Waals surface area contributed by atoms with Crippen LogP contribution in [0.4, 0.5) is 13.2 Å². The standard InChI is InChI=1S/C13H13F3O/c1-10(13(14,15)16)9-12(17)8-7-11-5-3-2-4-6-11/h2-6H,1,7-9H2. The first kappa shape index (κ1) is 13.5. The Morgan fingerprint density at radius 2 is 1.76 bits per heavy atom. The van der Waals surface area contributed by atoms with Crippen LogP contribution in [0, 0.1) is 0 Å². The van der Waals surface area contributed by atoms with E-state index >= 15 is 0 Å². The number of carbonyl (C=O) groups excluding carboxylic acids is 1. The van der Waals surface area contributed by atoms with E-state index in [4.69, 9.17) is 0 Å². The molecule has 0 unspecified atom stereocenters. The van der Waals surface area contributed by atoms with Gasteiger partial charge in [-0.05, 0) is 12.0 Å². The number of alkyl halides is 3. The Kier molecular flexibility index (Phi) is 4.49. The van der Waals surface area contributed by atoms with Crippen molar-refractivity contribution in [3.63, 3.8) is 0 Å². The molecule has 0 saturated heterocycles. The Labute approximate surface area is 98.0 Å². The van der Waals surface area contributed by atoms with Crippen molar-refractivity contribution in [1.29, 1.82) is 0 Å². The van der Waals surface area contributed by atoms with Gasteiger partial charge in [0, 0.05) is 18.4 Å². The molecular formula is C13H13F3O. The number of allylic oxidation sites excluding steroid dienone is 1. The first-order chi connectivity index (χ1) is 7.89. The van der Waals surface area contributed by atoms with Crippen LogP contribution in [-0.2, 0) is 11.2 Å². The molecule has 0 atom stereocenters. The maximum Gasteiger partial charge on any atom is 0.412 e. The summed E-state index contributed by atoms with van der Waals surface area (Å²) in [5.41, 5.74) is -0.0333. The Balaban J connectivity index is 2.39. The fraction of sp³-hybridized carbons (Fsp3) is 0.308. The highest BCUT2D eigenvalue weighted by atomic mass is 19.4. The number of ketones is 1. The summed E-state index contributed by atoms with van der Waals surface area (Å²) in [6, 6.07) is 9.18. The van der Waals surface area contributed by atoms with Gasteiger partial charge >= 0.3 is 6.18 Å². The van der Waals surface area contributed by atoms with E-state index in [0.29, 0.717) is 6.42 Å². The number of hydrogen-bond acceptors (Lipinski definition) is 1. The van der Waals surface area contributed by atoms with Crippen LogP contribution < -0.4 is 0 Å². The van der Waals surface area contributed by atoms with Crippen molar-refractivity contribution >= 4 is 5.78 Å². The molecule has 1 aromatic carbocycles. The van der Waals surface area contributed by atoms with Crippen molar-refractivity contribution in [2.45, 2.75) is 25.4 Å². The predicted octanol–water partition coefficient (Wildman–Crippen LogP) is 3.70. The summed E-state index contributed by atoms with van der Waals surface area (Å²) in [7, 11) is 0. The van der Waals surface area contributed by atoms with E-state index in [1.807, 2.05) is 30.3 Å². The Hall–Kier alpha value is -1.58. The summed E-state index contributed by atoms with van der Waals surface area (Å²) in [4.78, 5) is 11.3. The fourth-order valence-electron chi connectivity index (χ4n) is 1.36. The average Bonchev–Trinajstić information content (AvgIpc) is 2.26. The summed E-state index contributed by atoms with van der Waals surface area (Å²) in [6.45, 7) is 2.88. The molecule has 92 valence electrons. The molecule has 0 aliphatic rings. The smallest absolute Gasteiger partial charge is 0.299 e. The molecule has 0 N–H and O–H groups in total. The van der Waals surface area contributed by atoms with Crippen molar-refractivity contribution in [2.75, 3.05) is 0 Å². The van der Waals surface area contributed by atoms with Crippen LogP contribution in [0.25, 0.3) is 0 Å². The number of Topliss-reactive ketones (excluding diaryl/α,β-unsaturated/α-hetero) is 1. The number of hydrogen-bond donors (Lipinski definition) is 0. The van der Waals surface area contributed by atoms with Gasteiger partial charge in [-0.15, -0.1) is 0 Å². The lowest BCUT2D eigenvalue weighted by Crippen LogP contribution is -2.14. The van der Waals surface area contributed by atoms with E-state index in [1.165, 1.54) is 0 Å². The van der Waals surface area contributed by atoms with Crippen LogP contribution in [0.2, 0.25) is 0 Å². The zero-order valence-electron chi connectivity index (χ0n) is 9.26. The summed E-state index contributed by atoms with van der Waals surface area (Å²) in [5, 5.41) is 0. The molecule has 0 spiro atoms. The SMILES string of the molecule is C=C(CC(=O)CCc1ccccc1)C(F)(F)F. The van der Waals surface area contributed by atoms with E-state index in [9.17, 15) is 18.0 Å². The lowest BCUT2D eigenvalue weighted by molar-refractivity contribution is -0.122. The van der Waals surface area contributed by atoms with Crippen molar-refractivity contribution in [1.82, 2.24) is 0 Å². The molecule has 0 heterocycles. The van der Waals surface area contributed by atoms with E-state index in [2.05, 4.69) is 6.58 Å². The quantitative estimate of drug-likeness (QED) is 0.719. The zero-order valence-corrected chi connectivity index (χ0v) is 9.26. The molecule has 1 aromatic rings. The molecule has 4 heteroatoms. The molecule has 17 heavy (non-hydrogen) atoms. The highest BCUT2D eigenvalue weighted by molar-refractivity contribution is 5.81. The molecule has 0 amide bonds. The van der Waals surface area contributed by atoms with Crippen molar-refractivity contribution < 1.29 is 18.0 Å². The predicted molar refractivity (Wildman–Crippen MR) is 59.6 cm³/mol. The lowest BCUT2D eigenvalue weighted by atomic mass is 10.0. The van der Waals surface area contributed by atoms with E-state index in [0.717, 1.165) is 5.56 Å². The minimum Gasteiger partial charge on any atom is -0.299 e. The van der Waals surface area contributed by atoms with Gasteiger partial charge in [0.05, 0.1) is 0 Å². The summed E-state index contributed by atoms with van der Waals surface area (Å²) < 4.78 is 36.4. The fourth-order valence-corrected chi connectivity index (χ4v) is 1.36. The molecule has 0 radical (unpaired) electrons. The zero-order chi connectivity index (χ0) is 12.9. The molecule has 0 bridgehead atoms. The number of rotatable bonds is 5. The van der Waals surface area contributed by atoms with Gasteiger partial charge < -0.3 is 0 Å². The molecule has 1 nitrogen and oxygen atoms in total. The molecule has 1 rings (SSSR count). The van der Waals surface area contributed by atoms with Gasteiger partial charge in [0.25, 0.3) is 0 Å². The number of carbonyl (C=O) groups is 1. The monoisotopic (exact) mass is 242 g/mol. The van der Waals surface area contributed by atoms with E-state index in [1.54, 1.807) is 0 Å². The molecule has 0 fully saturated rings. The Bertz CT molecular complexity index is 393. The van der Waals surface area contributed by atoms with Crippen LogP contribution in [0.1, 0.15) is 18.4 Å². The number of benzene rings is 1. The van der Waals surface area contributed by atoms with Gasteiger partial charge in [0.1, 0.15) is 5.78 Å². The van der Waals surface area contributed by atoms with Crippen molar-refractivity contribution in [3.05, 3.63) is 48.0 Å². The Morgan fingerprint density at radius 3 is 2.29 bits per heavy atom. The molecule has 0 aromatic heterocycles. The number of halogens is 3. The third kappa shape index (κ3) is 4.85. The maximum absolute atomic E-state index is 12.1. The lowest BCUT2D eigenvalue weighted by Gasteiger charge is -2.08. The van der Waals surface area contributed by atoms with Crippen LogP contribution >= 0.6 is 0 Å². The minimum absolute atomic E-state index is 0.110. The molecule has 0 aliphatic carbocycles. The Morgan fingerprint density at radius 1 is 1.18 bits per heavy atom. The average molecular weight is 242 g/mol. The third-order valence-electron chi connectivity index (χ3n) is 2.35. The summed E-state index contributed by atoms with van der Waals surface area (Å²) in [6.07, 6.45) is -4.51. The normalized spacial score (nSPS) is 11.2. The molecule has 0 saturated carbocycles. The van der Waals surface area contributed by atoms with Gasteiger partial charge in [-0.2, -0.15) is 13.2 Å². The second-order valence-electron chi connectivity index (χ2n) is 3.80. The first-order valence-corrected chi connectivity index (χ1v) is 5.20. The second-order valence-corrected chi connectivity index (χ2v) is 3.80. The topological polar surface area (TPSA) is 17.1 Å². The van der Waals surface area contributed by atoms with E-state index < -0.39 is 24.0 Å². The molecule has 0 aliphatic heterocycles. The van der Waals surface area contributed by atoms with Crippen molar-refractivity contribution in [3.8, 4) is 0 Å². The largest absolute Gasteiger partial charge is 0.412 e. The third-order valence-corrected chi connectivity index (χ3v) is 2.35. The number of aryl methyl sites for hydroxylation is 1. The van der Waals surface area contributed by atoms with Crippen LogP contribution in [0.3, 0.4) is 0 Å². The van der Waals surface area contributed by atoms with Gasteiger partial charge in [-0.1, -0.05) is 36.9 Å². The van der Waals surface area contributed by atoms with Gasteiger partial charge in [-0.3, -0.25) is 4.79 Å². The van der Waals surface area contributed by atoms with Crippen LogP contribution in [0.15, 0.2) is 42.5 Å².